The largest absolute Gasteiger partial charge is 0.450 e. The molecule has 2 saturated heterocycles. The van der Waals surface area contributed by atoms with Crippen molar-refractivity contribution in [3.63, 3.8) is 0 Å². The molecule has 1 aromatic carbocycles. The van der Waals surface area contributed by atoms with Gasteiger partial charge in [-0.25, -0.2) is 22.9 Å². The third-order valence-electron chi connectivity index (χ3n) is 7.10. The van der Waals surface area contributed by atoms with Crippen LogP contribution in [0.25, 0.3) is 11.0 Å². The molecule has 0 atom stereocenters. The number of fused-ring (bicyclic) bond motifs is 1. The molecule has 0 aliphatic carbocycles. The fourth-order valence-electron chi connectivity index (χ4n) is 4.55. The van der Waals surface area contributed by atoms with Crippen LogP contribution in [0.4, 0.5) is 23.7 Å². The zero-order chi connectivity index (χ0) is 29.2. The number of halogens is 3. The molecular weight excluding hydrogens is 561 g/mol. The van der Waals surface area contributed by atoms with Gasteiger partial charge in [-0.15, -0.1) is 0 Å². The Labute approximate surface area is 236 Å². The molecule has 2 aromatic heterocycles. The molecule has 0 spiro atoms. The SMILES string of the molecule is COC1(c2cn(COCC[SiH](C)C)c3nccc(Oc4c(F)cc(NC(=O)NCC5(F)COC5)cc4F)c23)COC1. The van der Waals surface area contributed by atoms with Gasteiger partial charge >= 0.3 is 6.03 Å². The number of hydrogen-bond acceptors (Lipinski definition) is 7. The van der Waals surface area contributed by atoms with Crippen LogP contribution in [0.15, 0.2) is 30.6 Å². The second-order valence-electron chi connectivity index (χ2n) is 10.8. The van der Waals surface area contributed by atoms with Crippen molar-refractivity contribution in [1.82, 2.24) is 14.9 Å². The highest BCUT2D eigenvalue weighted by Gasteiger charge is 2.44. The second-order valence-corrected chi connectivity index (χ2v) is 14.1. The van der Waals surface area contributed by atoms with E-state index in [1.807, 2.05) is 10.8 Å². The van der Waals surface area contributed by atoms with E-state index in [0.29, 0.717) is 36.4 Å². The molecule has 5 rings (SSSR count). The van der Waals surface area contributed by atoms with Gasteiger partial charge in [-0.1, -0.05) is 13.1 Å². The molecule has 41 heavy (non-hydrogen) atoms. The number of ether oxygens (including phenoxy) is 5. The maximum atomic E-state index is 15.1. The van der Waals surface area contributed by atoms with Gasteiger partial charge in [0.15, 0.2) is 23.1 Å². The van der Waals surface area contributed by atoms with E-state index in [9.17, 15) is 9.18 Å². The van der Waals surface area contributed by atoms with Crippen LogP contribution in [0.3, 0.4) is 0 Å². The molecule has 3 aromatic rings. The number of rotatable bonds is 12. The molecule has 222 valence electrons. The number of nitrogens with one attached hydrogen (secondary N) is 2. The summed E-state index contributed by atoms with van der Waals surface area (Å²) in [4.78, 5) is 16.6. The van der Waals surface area contributed by atoms with E-state index in [1.165, 1.54) is 12.3 Å². The average Bonchev–Trinajstić information content (AvgIpc) is 3.25. The lowest BCUT2D eigenvalue weighted by molar-refractivity contribution is -0.201. The smallest absolute Gasteiger partial charge is 0.319 e. The van der Waals surface area contributed by atoms with Crippen LogP contribution in [0.1, 0.15) is 5.56 Å². The van der Waals surface area contributed by atoms with Gasteiger partial charge in [-0.3, -0.25) is 0 Å². The molecule has 2 aliphatic rings. The standard InChI is InChI=1S/C27H33F3N4O6Si/c1-36-27(14-39-15-27)18-10-34(16-37-6-7-41(2)3)24-22(18)21(4-5-31-24)40-23-19(28)8-17(9-20(23)29)33-25(35)32-11-26(30)12-38-13-26/h4-5,8-10,41H,6-7,11-16H2,1-3H3,(H2,32,33,35). The van der Waals surface area contributed by atoms with E-state index in [-0.39, 0.29) is 37.9 Å². The van der Waals surface area contributed by atoms with Crippen molar-refractivity contribution in [2.24, 2.45) is 0 Å². The van der Waals surface area contributed by atoms with E-state index < -0.39 is 43.5 Å². The number of benzene rings is 1. The van der Waals surface area contributed by atoms with Gasteiger partial charge in [0.2, 0.25) is 0 Å². The molecule has 4 heterocycles. The molecule has 2 N–H and O–H groups in total. The maximum Gasteiger partial charge on any atom is 0.319 e. The van der Waals surface area contributed by atoms with Gasteiger partial charge in [0.25, 0.3) is 0 Å². The van der Waals surface area contributed by atoms with Crippen molar-refractivity contribution >= 4 is 31.5 Å². The third kappa shape index (κ3) is 6.21. The zero-order valence-electron chi connectivity index (χ0n) is 23.1. The number of methoxy groups -OCH3 is 1. The van der Waals surface area contributed by atoms with Crippen LogP contribution in [0.2, 0.25) is 19.1 Å². The first-order valence-corrected chi connectivity index (χ1v) is 16.4. The predicted molar refractivity (Wildman–Crippen MR) is 147 cm³/mol. The number of alkyl halides is 1. The number of amides is 2. The van der Waals surface area contributed by atoms with Crippen molar-refractivity contribution < 1.29 is 41.7 Å². The van der Waals surface area contributed by atoms with Gasteiger partial charge in [0.1, 0.15) is 23.7 Å². The van der Waals surface area contributed by atoms with Crippen molar-refractivity contribution in [3.8, 4) is 11.5 Å². The van der Waals surface area contributed by atoms with Crippen molar-refractivity contribution in [2.45, 2.75) is 37.1 Å². The number of carbonyl (C=O) groups is 1. The number of hydrogen-bond donors (Lipinski definition) is 2. The quantitative estimate of drug-likeness (QED) is 0.238. The van der Waals surface area contributed by atoms with E-state index in [1.54, 1.807) is 7.11 Å². The predicted octanol–water partition coefficient (Wildman–Crippen LogP) is 4.30. The molecule has 0 saturated carbocycles. The van der Waals surface area contributed by atoms with Crippen molar-refractivity contribution in [2.75, 3.05) is 52.0 Å². The van der Waals surface area contributed by atoms with E-state index in [2.05, 4.69) is 28.7 Å². The summed E-state index contributed by atoms with van der Waals surface area (Å²) in [6, 6.07) is 3.57. The Morgan fingerprint density at radius 1 is 1.17 bits per heavy atom. The number of aromatic nitrogens is 2. The Morgan fingerprint density at radius 2 is 1.88 bits per heavy atom. The van der Waals surface area contributed by atoms with Crippen LogP contribution < -0.4 is 15.4 Å². The van der Waals surface area contributed by atoms with Crippen LogP contribution >= 0.6 is 0 Å². The fraction of sp³-hybridized carbons (Fsp3) is 0.481. The third-order valence-corrected chi connectivity index (χ3v) is 8.49. The first kappa shape index (κ1) is 29.3. The maximum absolute atomic E-state index is 15.1. The number of anilines is 1. The molecule has 0 radical (unpaired) electrons. The normalized spacial score (nSPS) is 17.2. The minimum atomic E-state index is -1.64. The highest BCUT2D eigenvalue weighted by molar-refractivity contribution is 6.55. The molecule has 0 bridgehead atoms. The molecule has 10 nitrogen and oxygen atoms in total. The minimum absolute atomic E-state index is 0.124. The Hall–Kier alpha value is -3.17. The molecular formula is C27H33F3N4O6Si. The Balaban J connectivity index is 1.40. The fourth-order valence-corrected chi connectivity index (χ4v) is 5.18. The lowest BCUT2D eigenvalue weighted by Gasteiger charge is -2.40. The van der Waals surface area contributed by atoms with Crippen LogP contribution in [-0.2, 0) is 31.3 Å². The monoisotopic (exact) mass is 594 g/mol. The highest BCUT2D eigenvalue weighted by Crippen LogP contribution is 2.43. The summed E-state index contributed by atoms with van der Waals surface area (Å²) in [6.45, 7) is 5.39. The van der Waals surface area contributed by atoms with Crippen LogP contribution in [-0.4, -0.2) is 76.7 Å². The van der Waals surface area contributed by atoms with Crippen LogP contribution in [0.5, 0.6) is 11.5 Å². The number of nitrogens with zero attached hydrogens (tertiary/aromatic N) is 2. The van der Waals surface area contributed by atoms with Crippen LogP contribution in [0, 0.1) is 11.6 Å². The molecule has 14 heteroatoms. The first-order chi connectivity index (χ1) is 19.6. The summed E-state index contributed by atoms with van der Waals surface area (Å²) in [7, 11) is 0.798. The van der Waals surface area contributed by atoms with Crippen molar-refractivity contribution in [1.29, 1.82) is 0 Å². The van der Waals surface area contributed by atoms with Gasteiger partial charge in [-0.2, -0.15) is 0 Å². The minimum Gasteiger partial charge on any atom is -0.450 e. The van der Waals surface area contributed by atoms with Gasteiger partial charge in [0, 0.05) is 58.3 Å². The molecule has 0 unspecified atom stereocenters. The topological polar surface area (TPSA) is 105 Å². The number of pyridine rings is 1. The first-order valence-electron chi connectivity index (χ1n) is 13.3. The second kappa shape index (κ2) is 12.0. The molecule has 2 fully saturated rings. The summed E-state index contributed by atoms with van der Waals surface area (Å²) in [5.74, 6) is -2.59. The van der Waals surface area contributed by atoms with E-state index in [0.717, 1.165) is 18.2 Å². The number of carbonyl (C=O) groups excluding carboxylic acids is 1. The Bertz CT molecular complexity index is 1380. The summed E-state index contributed by atoms with van der Waals surface area (Å²) >= 11 is 0. The van der Waals surface area contributed by atoms with Crippen molar-refractivity contribution in [3.05, 3.63) is 47.8 Å². The van der Waals surface area contributed by atoms with Gasteiger partial charge in [-0.05, 0) is 12.1 Å². The summed E-state index contributed by atoms with van der Waals surface area (Å²) in [5, 5.41) is 5.15. The summed E-state index contributed by atoms with van der Waals surface area (Å²) < 4.78 is 73.9. The summed E-state index contributed by atoms with van der Waals surface area (Å²) in [5.41, 5.74) is -1.39. The van der Waals surface area contributed by atoms with E-state index in [4.69, 9.17) is 23.7 Å². The Morgan fingerprint density at radius 3 is 2.46 bits per heavy atom. The molecule has 2 aliphatic heterocycles. The van der Waals surface area contributed by atoms with E-state index >= 15 is 8.78 Å². The van der Waals surface area contributed by atoms with Gasteiger partial charge in [0.05, 0.1) is 38.4 Å². The van der Waals surface area contributed by atoms with Gasteiger partial charge < -0.3 is 38.9 Å². The zero-order valence-corrected chi connectivity index (χ0v) is 24.3. The molecule has 2 amide bonds. The Kier molecular flexibility index (Phi) is 8.57. The summed E-state index contributed by atoms with van der Waals surface area (Å²) in [6.07, 6.45) is 3.33. The lowest BCUT2D eigenvalue weighted by Crippen LogP contribution is -2.54. The average molecular weight is 595 g/mol. The number of urea groups is 1. The highest BCUT2D eigenvalue weighted by atomic mass is 28.3. The lowest BCUT2D eigenvalue weighted by atomic mass is 9.91.